The zero-order chi connectivity index (χ0) is 17.3. The Morgan fingerprint density at radius 3 is 2.25 bits per heavy atom. The van der Waals surface area contributed by atoms with Crippen LogP contribution in [0.4, 0.5) is 0 Å². The van der Waals surface area contributed by atoms with Crippen molar-refractivity contribution in [2.75, 3.05) is 0 Å². The van der Waals surface area contributed by atoms with Crippen LogP contribution in [0.25, 0.3) is 0 Å². The fraction of sp³-hybridized carbons (Fsp3) is 0.952. The third kappa shape index (κ3) is 2.19. The Bertz CT molecular complexity index is 531. The van der Waals surface area contributed by atoms with Crippen molar-refractivity contribution in [3.05, 3.63) is 0 Å². The van der Waals surface area contributed by atoms with Gasteiger partial charge in [-0.1, -0.05) is 13.8 Å². The lowest BCUT2D eigenvalue weighted by molar-refractivity contribution is -0.171. The lowest BCUT2D eigenvalue weighted by Gasteiger charge is -2.62. The molecule has 3 nitrogen and oxygen atoms in total. The minimum absolute atomic E-state index is 0.157. The van der Waals surface area contributed by atoms with Crippen LogP contribution in [0.2, 0.25) is 0 Å². The lowest BCUT2D eigenvalue weighted by atomic mass is 9.44. The first-order chi connectivity index (χ1) is 11.3. The van der Waals surface area contributed by atoms with Crippen molar-refractivity contribution in [3.8, 4) is 0 Å². The van der Waals surface area contributed by atoms with E-state index in [0.29, 0.717) is 23.5 Å². The maximum atomic E-state index is 12.2. The van der Waals surface area contributed by atoms with E-state index in [2.05, 4.69) is 13.8 Å². The van der Waals surface area contributed by atoms with Crippen molar-refractivity contribution in [3.63, 3.8) is 0 Å². The summed E-state index contributed by atoms with van der Waals surface area (Å²) in [7, 11) is 0. The van der Waals surface area contributed by atoms with E-state index in [0.717, 1.165) is 38.5 Å². The van der Waals surface area contributed by atoms with E-state index in [-0.39, 0.29) is 34.9 Å². The highest BCUT2D eigenvalue weighted by Crippen LogP contribution is 2.67. The summed E-state index contributed by atoms with van der Waals surface area (Å²) < 4.78 is 0. The molecule has 3 heteroatoms. The number of Topliss-reactive ketones (excluding diaryl/α,β-unsaturated/α-hetero) is 1. The Kier molecular flexibility index (Phi) is 3.93. The maximum absolute atomic E-state index is 12.2. The molecule has 9 atom stereocenters. The van der Waals surface area contributed by atoms with Crippen molar-refractivity contribution >= 4 is 5.78 Å². The molecule has 136 valence electrons. The number of carbonyl (C=O) groups excluding carboxylic acids is 1. The molecular weight excluding hydrogens is 300 g/mol. The van der Waals surface area contributed by atoms with Gasteiger partial charge in [0.2, 0.25) is 0 Å². The molecule has 0 heterocycles. The molecule has 0 aromatic heterocycles. The molecule has 0 saturated heterocycles. The molecule has 0 aliphatic heterocycles. The van der Waals surface area contributed by atoms with Gasteiger partial charge in [0.15, 0.2) is 0 Å². The number of aliphatic hydroxyl groups excluding tert-OH is 2. The maximum Gasteiger partial charge on any atom is 0.133 e. The van der Waals surface area contributed by atoms with Gasteiger partial charge in [-0.25, -0.2) is 0 Å². The summed E-state index contributed by atoms with van der Waals surface area (Å²) in [6.45, 7) is 6.53. The van der Waals surface area contributed by atoms with Gasteiger partial charge >= 0.3 is 0 Å². The van der Waals surface area contributed by atoms with Gasteiger partial charge in [-0.3, -0.25) is 4.79 Å². The molecule has 2 N–H and O–H groups in total. The summed E-state index contributed by atoms with van der Waals surface area (Å²) in [5, 5.41) is 21.0. The van der Waals surface area contributed by atoms with Crippen molar-refractivity contribution in [2.24, 2.45) is 40.4 Å². The fourth-order valence-electron chi connectivity index (χ4n) is 7.95. The highest BCUT2D eigenvalue weighted by molar-refractivity contribution is 5.79. The normalized spacial score (nSPS) is 57.0. The molecule has 0 unspecified atom stereocenters. The fourth-order valence-corrected chi connectivity index (χ4v) is 7.95. The number of aliphatic hydroxyl groups is 2. The first-order valence-electron chi connectivity index (χ1n) is 10.1. The van der Waals surface area contributed by atoms with E-state index < -0.39 is 0 Å². The Hall–Kier alpha value is -0.410. The van der Waals surface area contributed by atoms with Crippen LogP contribution in [0, 0.1) is 40.4 Å². The Morgan fingerprint density at radius 2 is 1.54 bits per heavy atom. The average molecular weight is 335 g/mol. The van der Waals surface area contributed by atoms with E-state index in [1.54, 1.807) is 6.92 Å². The van der Waals surface area contributed by atoms with Crippen LogP contribution < -0.4 is 0 Å². The zero-order valence-corrected chi connectivity index (χ0v) is 15.5. The molecule has 0 aromatic rings. The summed E-state index contributed by atoms with van der Waals surface area (Å²) in [6, 6.07) is 0. The number of ketones is 1. The van der Waals surface area contributed by atoms with Crippen molar-refractivity contribution in [2.45, 2.75) is 84.3 Å². The van der Waals surface area contributed by atoms with Crippen molar-refractivity contribution < 1.29 is 15.0 Å². The molecule has 0 spiro atoms. The van der Waals surface area contributed by atoms with E-state index in [1.165, 1.54) is 12.8 Å². The SMILES string of the molecule is CC(=O)[C@H]1CC[C@H]2[C@@H]3C[C@@H](O)[C@@H]4C[C@@H](O)CC[C@]4(C)[C@H]3CC[C@]12C. The predicted molar refractivity (Wildman–Crippen MR) is 93.3 cm³/mol. The second-order valence-corrected chi connectivity index (χ2v) is 10.0. The number of carbonyl (C=O) groups is 1. The summed E-state index contributed by atoms with van der Waals surface area (Å²) in [6.07, 6.45) is 7.70. The molecule has 0 bridgehead atoms. The minimum atomic E-state index is -0.273. The molecular formula is C21H34O3. The lowest BCUT2D eigenvalue weighted by Crippen LogP contribution is -2.58. The second-order valence-electron chi connectivity index (χ2n) is 10.0. The van der Waals surface area contributed by atoms with Crippen LogP contribution in [-0.2, 0) is 4.79 Å². The van der Waals surface area contributed by atoms with Gasteiger partial charge in [0, 0.05) is 5.92 Å². The quantitative estimate of drug-likeness (QED) is 0.771. The molecule has 4 aliphatic carbocycles. The molecule has 24 heavy (non-hydrogen) atoms. The van der Waals surface area contributed by atoms with Crippen LogP contribution in [-0.4, -0.2) is 28.2 Å². The largest absolute Gasteiger partial charge is 0.393 e. The zero-order valence-electron chi connectivity index (χ0n) is 15.5. The molecule has 0 radical (unpaired) electrons. The Labute approximate surface area is 146 Å². The molecule has 4 fully saturated rings. The highest BCUT2D eigenvalue weighted by atomic mass is 16.3. The molecule has 0 amide bonds. The van der Waals surface area contributed by atoms with Gasteiger partial charge < -0.3 is 10.2 Å². The third-order valence-corrected chi connectivity index (χ3v) is 9.14. The number of fused-ring (bicyclic) bond motifs is 5. The second kappa shape index (κ2) is 5.54. The topological polar surface area (TPSA) is 57.5 Å². The standard InChI is InChI=1S/C21H34O3/c1-12(22)15-4-5-16-14-11-19(24)18-10-13(23)6-8-21(18,3)17(14)7-9-20(15,16)2/h13-19,23-24H,4-11H2,1-3H3/t13-,14-,15+,16-,17-,18-,19+,20+,21+/m0/s1. The van der Waals surface area contributed by atoms with Crippen LogP contribution >= 0.6 is 0 Å². The predicted octanol–water partition coefficient (Wildman–Crippen LogP) is 3.57. The average Bonchev–Trinajstić information content (AvgIpc) is 2.87. The van der Waals surface area contributed by atoms with Gasteiger partial charge in [-0.15, -0.1) is 0 Å². The van der Waals surface area contributed by atoms with E-state index in [9.17, 15) is 15.0 Å². The smallest absolute Gasteiger partial charge is 0.133 e. The van der Waals surface area contributed by atoms with Gasteiger partial charge in [0.05, 0.1) is 12.2 Å². The Balaban J connectivity index is 1.65. The summed E-state index contributed by atoms with van der Waals surface area (Å²) in [4.78, 5) is 12.2. The van der Waals surface area contributed by atoms with Crippen LogP contribution in [0.5, 0.6) is 0 Å². The molecule has 4 rings (SSSR count). The Morgan fingerprint density at radius 1 is 0.875 bits per heavy atom. The van der Waals surface area contributed by atoms with Gasteiger partial charge in [0.1, 0.15) is 5.78 Å². The first kappa shape index (κ1) is 17.0. The van der Waals surface area contributed by atoms with Crippen molar-refractivity contribution in [1.29, 1.82) is 0 Å². The molecule has 4 saturated carbocycles. The van der Waals surface area contributed by atoms with Crippen LogP contribution in [0.1, 0.15) is 72.1 Å². The first-order valence-corrected chi connectivity index (χ1v) is 10.1. The molecule has 4 aliphatic rings. The summed E-state index contributed by atoms with van der Waals surface area (Å²) in [5.74, 6) is 2.71. The van der Waals surface area contributed by atoms with Crippen LogP contribution in [0.3, 0.4) is 0 Å². The highest BCUT2D eigenvalue weighted by Gasteiger charge is 2.62. The number of hydrogen-bond acceptors (Lipinski definition) is 3. The van der Waals surface area contributed by atoms with Crippen LogP contribution in [0.15, 0.2) is 0 Å². The number of rotatable bonds is 1. The van der Waals surface area contributed by atoms with E-state index in [4.69, 9.17) is 0 Å². The van der Waals surface area contributed by atoms with Gasteiger partial charge in [-0.05, 0) is 92.8 Å². The summed E-state index contributed by atoms with van der Waals surface area (Å²) >= 11 is 0. The monoisotopic (exact) mass is 334 g/mol. The van der Waals surface area contributed by atoms with E-state index in [1.807, 2.05) is 0 Å². The minimum Gasteiger partial charge on any atom is -0.393 e. The van der Waals surface area contributed by atoms with Gasteiger partial charge in [0.25, 0.3) is 0 Å². The number of hydrogen-bond donors (Lipinski definition) is 2. The van der Waals surface area contributed by atoms with Gasteiger partial charge in [-0.2, -0.15) is 0 Å². The molecule has 0 aromatic carbocycles. The summed E-state index contributed by atoms with van der Waals surface area (Å²) in [5.41, 5.74) is 0.335. The van der Waals surface area contributed by atoms with Crippen molar-refractivity contribution in [1.82, 2.24) is 0 Å². The third-order valence-electron chi connectivity index (χ3n) is 9.14. The van der Waals surface area contributed by atoms with E-state index >= 15 is 0 Å².